The Morgan fingerprint density at radius 2 is 2.16 bits per heavy atom. The lowest BCUT2D eigenvalue weighted by Crippen LogP contribution is -2.42. The summed E-state index contributed by atoms with van der Waals surface area (Å²) in [4.78, 5) is 12.4. The van der Waals surface area contributed by atoms with Gasteiger partial charge in [0, 0.05) is 23.2 Å². The first-order valence-corrected chi connectivity index (χ1v) is 10.5. The fourth-order valence-corrected chi connectivity index (χ4v) is 6.66. The number of sulfonamides is 1. The van der Waals surface area contributed by atoms with Crippen LogP contribution in [-0.4, -0.2) is 52.5 Å². The molecule has 1 saturated heterocycles. The average molecular weight is 383 g/mol. The molecule has 1 aliphatic rings. The van der Waals surface area contributed by atoms with Gasteiger partial charge in [0.2, 0.25) is 10.0 Å². The molecule has 0 spiro atoms. The molecule has 2 heterocycles. The number of ether oxygens (including phenoxy) is 1. The van der Waals surface area contributed by atoms with Gasteiger partial charge in [0.15, 0.2) is 0 Å². The van der Waals surface area contributed by atoms with E-state index >= 15 is 0 Å². The van der Waals surface area contributed by atoms with E-state index in [9.17, 15) is 13.2 Å². The van der Waals surface area contributed by atoms with E-state index in [1.165, 1.54) is 22.8 Å². The van der Waals surface area contributed by atoms with Crippen molar-refractivity contribution in [1.82, 2.24) is 9.62 Å². The van der Waals surface area contributed by atoms with Crippen LogP contribution in [0.1, 0.15) is 22.5 Å². The third-order valence-corrected chi connectivity index (χ3v) is 7.72. The number of fused-ring (bicyclic) bond motifs is 1. The van der Waals surface area contributed by atoms with Gasteiger partial charge in [-0.2, -0.15) is 4.31 Å². The normalized spacial score (nSPS) is 19.2. The highest BCUT2D eigenvalue weighted by Crippen LogP contribution is 2.37. The smallest absolute Gasteiger partial charge is 0.349 e. The zero-order valence-corrected chi connectivity index (χ0v) is 16.0. The lowest BCUT2D eigenvalue weighted by Gasteiger charge is -2.31. The lowest BCUT2D eigenvalue weighted by atomic mass is 10.00. The van der Waals surface area contributed by atoms with E-state index in [0.29, 0.717) is 18.5 Å². The number of thiophene rings is 1. The quantitative estimate of drug-likeness (QED) is 0.803. The van der Waals surface area contributed by atoms with Crippen LogP contribution in [0.15, 0.2) is 29.2 Å². The largest absolute Gasteiger partial charge is 0.465 e. The van der Waals surface area contributed by atoms with Gasteiger partial charge in [-0.05, 0) is 38.4 Å². The van der Waals surface area contributed by atoms with Crippen LogP contribution in [0, 0.1) is 5.92 Å². The zero-order chi connectivity index (χ0) is 18.0. The Balaban J connectivity index is 2.08. The molecule has 1 aliphatic heterocycles. The van der Waals surface area contributed by atoms with Crippen molar-refractivity contribution in [2.45, 2.75) is 17.7 Å². The molecule has 0 aliphatic carbocycles. The van der Waals surface area contributed by atoms with Gasteiger partial charge in [-0.15, -0.1) is 11.3 Å². The lowest BCUT2D eigenvalue weighted by molar-refractivity contribution is 0.0602. The number of piperidine rings is 1. The van der Waals surface area contributed by atoms with Crippen LogP contribution in [0.4, 0.5) is 0 Å². The average Bonchev–Trinajstić information content (AvgIpc) is 3.02. The Bertz CT molecular complexity index is 874. The maximum atomic E-state index is 13.4. The summed E-state index contributed by atoms with van der Waals surface area (Å²) < 4.78 is 33.8. The number of benzene rings is 1. The molecule has 6 nitrogen and oxygen atoms in total. The van der Waals surface area contributed by atoms with Gasteiger partial charge in [-0.25, -0.2) is 13.2 Å². The van der Waals surface area contributed by atoms with Crippen LogP contribution in [0.3, 0.4) is 0 Å². The predicted molar refractivity (Wildman–Crippen MR) is 98.6 cm³/mol. The summed E-state index contributed by atoms with van der Waals surface area (Å²) in [6.07, 6.45) is 1.82. The Morgan fingerprint density at radius 1 is 1.40 bits per heavy atom. The predicted octanol–water partition coefficient (Wildman–Crippen LogP) is 2.31. The third-order valence-electron chi connectivity index (χ3n) is 4.49. The van der Waals surface area contributed by atoms with E-state index in [1.54, 1.807) is 12.1 Å². The first-order valence-electron chi connectivity index (χ1n) is 8.23. The molecule has 136 valence electrons. The molecular formula is C17H22N2O4S2. The number of carbonyl (C=O) groups excluding carboxylic acids is 1. The Labute approximate surface area is 151 Å². The molecule has 0 saturated carbocycles. The second-order valence-electron chi connectivity index (χ2n) is 6.18. The number of nitrogens with zero attached hydrogens (tertiary/aromatic N) is 1. The summed E-state index contributed by atoms with van der Waals surface area (Å²) in [5.74, 6) is -0.330. The maximum Gasteiger partial charge on any atom is 0.349 e. The zero-order valence-electron chi connectivity index (χ0n) is 14.3. The molecule has 3 rings (SSSR count). The first kappa shape index (κ1) is 18.3. The standard InChI is InChI=1S/C17H22N2O4S2/c1-18-10-12-6-5-9-19(11-12)25(21,22)16-13-7-3-4-8-14(13)24-15(16)17(20)23-2/h3-4,7-8,12,18H,5-6,9-11H2,1-2H3. The number of methoxy groups -OCH3 is 1. The van der Waals surface area contributed by atoms with Crippen LogP contribution in [-0.2, 0) is 14.8 Å². The molecule has 2 aromatic rings. The van der Waals surface area contributed by atoms with Gasteiger partial charge in [-0.1, -0.05) is 18.2 Å². The molecule has 0 bridgehead atoms. The van der Waals surface area contributed by atoms with E-state index < -0.39 is 16.0 Å². The van der Waals surface area contributed by atoms with Crippen molar-refractivity contribution >= 4 is 37.4 Å². The number of hydrogen-bond donors (Lipinski definition) is 1. The van der Waals surface area contributed by atoms with Crippen LogP contribution in [0.5, 0.6) is 0 Å². The van der Waals surface area contributed by atoms with Gasteiger partial charge in [0.05, 0.1) is 7.11 Å². The fraction of sp³-hybridized carbons (Fsp3) is 0.471. The molecule has 8 heteroatoms. The van der Waals surface area contributed by atoms with Crippen molar-refractivity contribution in [3.05, 3.63) is 29.1 Å². The SMILES string of the molecule is CNCC1CCCN(S(=O)(=O)c2c(C(=O)OC)sc3ccccc23)C1. The molecule has 1 aromatic heterocycles. The minimum Gasteiger partial charge on any atom is -0.465 e. The monoisotopic (exact) mass is 382 g/mol. The number of esters is 1. The first-order chi connectivity index (χ1) is 12.0. The van der Waals surface area contributed by atoms with Crippen LogP contribution >= 0.6 is 11.3 Å². The van der Waals surface area contributed by atoms with Crippen molar-refractivity contribution in [2.75, 3.05) is 33.8 Å². The Morgan fingerprint density at radius 3 is 2.88 bits per heavy atom. The van der Waals surface area contributed by atoms with Gasteiger partial charge >= 0.3 is 5.97 Å². The minimum atomic E-state index is -3.77. The highest BCUT2D eigenvalue weighted by Gasteiger charge is 2.36. The highest BCUT2D eigenvalue weighted by molar-refractivity contribution is 7.89. The van der Waals surface area contributed by atoms with Gasteiger partial charge in [-0.3, -0.25) is 0 Å². The van der Waals surface area contributed by atoms with Crippen LogP contribution in [0.2, 0.25) is 0 Å². The molecule has 1 atom stereocenters. The molecule has 1 N–H and O–H groups in total. The van der Waals surface area contributed by atoms with Crippen molar-refractivity contribution in [3.8, 4) is 0 Å². The van der Waals surface area contributed by atoms with Crippen molar-refractivity contribution in [1.29, 1.82) is 0 Å². The summed E-state index contributed by atoms with van der Waals surface area (Å²) >= 11 is 1.17. The number of nitrogens with one attached hydrogen (secondary N) is 1. The van der Waals surface area contributed by atoms with Crippen LogP contribution in [0.25, 0.3) is 10.1 Å². The number of hydrogen-bond acceptors (Lipinski definition) is 6. The Hall–Kier alpha value is -1.48. The van der Waals surface area contributed by atoms with Crippen molar-refractivity contribution in [2.24, 2.45) is 5.92 Å². The summed E-state index contributed by atoms with van der Waals surface area (Å²) in [6.45, 7) is 1.72. The van der Waals surface area contributed by atoms with E-state index in [4.69, 9.17) is 4.74 Å². The third kappa shape index (κ3) is 3.44. The molecule has 0 radical (unpaired) electrons. The minimum absolute atomic E-state index is 0.0880. The highest BCUT2D eigenvalue weighted by atomic mass is 32.2. The molecule has 1 fully saturated rings. The Kier molecular flexibility index (Phi) is 5.43. The summed E-state index contributed by atoms with van der Waals surface area (Å²) in [7, 11) is -0.626. The van der Waals surface area contributed by atoms with Gasteiger partial charge < -0.3 is 10.1 Å². The molecular weight excluding hydrogens is 360 g/mol. The van der Waals surface area contributed by atoms with E-state index in [-0.39, 0.29) is 15.7 Å². The van der Waals surface area contributed by atoms with Crippen molar-refractivity contribution < 1.29 is 17.9 Å². The molecule has 25 heavy (non-hydrogen) atoms. The fourth-order valence-electron chi connectivity index (χ4n) is 3.33. The molecule has 1 aromatic carbocycles. The van der Waals surface area contributed by atoms with E-state index in [1.807, 2.05) is 19.2 Å². The number of carbonyl (C=O) groups is 1. The van der Waals surface area contributed by atoms with Crippen molar-refractivity contribution in [3.63, 3.8) is 0 Å². The van der Waals surface area contributed by atoms with E-state index in [2.05, 4.69) is 5.32 Å². The summed E-state index contributed by atoms with van der Waals surface area (Å²) in [6, 6.07) is 7.20. The van der Waals surface area contributed by atoms with Crippen LogP contribution < -0.4 is 5.32 Å². The second kappa shape index (κ2) is 7.41. The van der Waals surface area contributed by atoms with Gasteiger partial charge in [0.1, 0.15) is 9.77 Å². The topological polar surface area (TPSA) is 75.7 Å². The molecule has 0 amide bonds. The summed E-state index contributed by atoms with van der Waals surface area (Å²) in [5, 5.41) is 3.71. The molecule has 1 unspecified atom stereocenters. The van der Waals surface area contributed by atoms with Gasteiger partial charge in [0.25, 0.3) is 0 Å². The second-order valence-corrected chi connectivity index (χ2v) is 9.10. The maximum absolute atomic E-state index is 13.4. The number of rotatable bonds is 5. The van der Waals surface area contributed by atoms with E-state index in [0.717, 1.165) is 24.1 Å². The summed E-state index contributed by atoms with van der Waals surface area (Å²) in [5.41, 5.74) is 0.